The molecule has 0 heterocycles. The van der Waals surface area contributed by atoms with E-state index >= 15 is 0 Å². The Morgan fingerprint density at radius 2 is 2.00 bits per heavy atom. The summed E-state index contributed by atoms with van der Waals surface area (Å²) in [5, 5.41) is 0. The molecule has 58 valence electrons. The molecule has 0 fully saturated rings. The SMILES string of the molecule is CS(=O)(=O)CC/C=C/C=O. The Bertz CT molecular complexity index is 213. The maximum atomic E-state index is 10.5. The van der Waals surface area contributed by atoms with Crippen molar-refractivity contribution < 1.29 is 13.2 Å². The van der Waals surface area contributed by atoms with Gasteiger partial charge < -0.3 is 0 Å². The zero-order valence-corrected chi connectivity index (χ0v) is 6.60. The van der Waals surface area contributed by atoms with E-state index in [1.54, 1.807) is 0 Å². The van der Waals surface area contributed by atoms with E-state index in [4.69, 9.17) is 0 Å². The molecule has 10 heavy (non-hydrogen) atoms. The number of carbonyl (C=O) groups is 1. The third-order valence-corrected chi connectivity index (χ3v) is 1.85. The summed E-state index contributed by atoms with van der Waals surface area (Å²) in [7, 11) is -2.87. The summed E-state index contributed by atoms with van der Waals surface area (Å²) in [6.07, 6.45) is 5.04. The van der Waals surface area contributed by atoms with Gasteiger partial charge in [0.1, 0.15) is 16.1 Å². The molecule has 4 heteroatoms. The second-order valence-electron chi connectivity index (χ2n) is 1.98. The van der Waals surface area contributed by atoms with E-state index in [9.17, 15) is 13.2 Å². The predicted octanol–water partition coefficient (Wildman–Crippen LogP) is 0.176. The van der Waals surface area contributed by atoms with Crippen molar-refractivity contribution in [3.8, 4) is 0 Å². The van der Waals surface area contributed by atoms with Crippen molar-refractivity contribution in [1.82, 2.24) is 0 Å². The summed E-state index contributed by atoms with van der Waals surface area (Å²) in [6.45, 7) is 0. The number of allylic oxidation sites excluding steroid dienone is 2. The van der Waals surface area contributed by atoms with Gasteiger partial charge in [0.25, 0.3) is 0 Å². The van der Waals surface area contributed by atoms with E-state index in [-0.39, 0.29) is 5.75 Å². The fourth-order valence-electron chi connectivity index (χ4n) is 0.434. The fraction of sp³-hybridized carbons (Fsp3) is 0.500. The highest BCUT2D eigenvalue weighted by Crippen LogP contribution is 1.88. The van der Waals surface area contributed by atoms with E-state index in [1.807, 2.05) is 0 Å². The molecule has 0 radical (unpaired) electrons. The van der Waals surface area contributed by atoms with E-state index in [1.165, 1.54) is 18.4 Å². The number of hydrogen-bond donors (Lipinski definition) is 0. The van der Waals surface area contributed by atoms with Gasteiger partial charge in [0.05, 0.1) is 5.75 Å². The minimum atomic E-state index is -2.87. The Kier molecular flexibility index (Phi) is 3.95. The molecule has 0 saturated heterocycles. The third-order valence-electron chi connectivity index (χ3n) is 0.870. The van der Waals surface area contributed by atoms with Crippen LogP contribution in [-0.2, 0) is 14.6 Å². The topological polar surface area (TPSA) is 51.2 Å². The van der Waals surface area contributed by atoms with Crippen LogP contribution in [-0.4, -0.2) is 26.7 Å². The summed E-state index contributed by atoms with van der Waals surface area (Å²) < 4.78 is 20.9. The van der Waals surface area contributed by atoms with Crippen LogP contribution in [0.4, 0.5) is 0 Å². The molecule has 0 rings (SSSR count). The number of hydrogen-bond acceptors (Lipinski definition) is 3. The Hall–Kier alpha value is -0.640. The summed E-state index contributed by atoms with van der Waals surface area (Å²) in [6, 6.07) is 0. The molecule has 0 aliphatic rings. The molecule has 0 aliphatic heterocycles. The van der Waals surface area contributed by atoms with Crippen molar-refractivity contribution in [3.05, 3.63) is 12.2 Å². The number of aldehydes is 1. The summed E-state index contributed by atoms with van der Waals surface area (Å²) in [4.78, 5) is 9.69. The van der Waals surface area contributed by atoms with Crippen LogP contribution in [0.2, 0.25) is 0 Å². The fourth-order valence-corrected chi connectivity index (χ4v) is 0.998. The Morgan fingerprint density at radius 3 is 2.40 bits per heavy atom. The molecule has 0 saturated carbocycles. The van der Waals surface area contributed by atoms with Crippen molar-refractivity contribution >= 4 is 16.1 Å². The van der Waals surface area contributed by atoms with Gasteiger partial charge in [0, 0.05) is 6.26 Å². The second-order valence-corrected chi connectivity index (χ2v) is 4.24. The van der Waals surface area contributed by atoms with E-state index in [0.29, 0.717) is 12.7 Å². The zero-order valence-electron chi connectivity index (χ0n) is 5.78. The summed E-state index contributed by atoms with van der Waals surface area (Å²) in [5.41, 5.74) is 0. The third kappa shape index (κ3) is 7.36. The van der Waals surface area contributed by atoms with Crippen molar-refractivity contribution in [3.63, 3.8) is 0 Å². The van der Waals surface area contributed by atoms with E-state index < -0.39 is 9.84 Å². The van der Waals surface area contributed by atoms with Crippen molar-refractivity contribution in [1.29, 1.82) is 0 Å². The predicted molar refractivity (Wildman–Crippen MR) is 39.5 cm³/mol. The van der Waals surface area contributed by atoms with Gasteiger partial charge in [-0.15, -0.1) is 0 Å². The highest BCUT2D eigenvalue weighted by Gasteiger charge is 1.97. The minimum absolute atomic E-state index is 0.108. The van der Waals surface area contributed by atoms with Crippen molar-refractivity contribution in [2.75, 3.05) is 12.0 Å². The molecule has 0 amide bonds. The van der Waals surface area contributed by atoms with Gasteiger partial charge in [-0.2, -0.15) is 0 Å². The van der Waals surface area contributed by atoms with Crippen LogP contribution in [0.3, 0.4) is 0 Å². The molecule has 0 atom stereocenters. The number of carbonyl (C=O) groups excluding carboxylic acids is 1. The molecule has 0 aliphatic carbocycles. The normalized spacial score (nSPS) is 12.1. The Morgan fingerprint density at radius 1 is 1.40 bits per heavy atom. The molecule has 0 aromatic carbocycles. The monoisotopic (exact) mass is 162 g/mol. The first-order valence-electron chi connectivity index (χ1n) is 2.84. The van der Waals surface area contributed by atoms with Crippen LogP contribution in [0.25, 0.3) is 0 Å². The molecule has 0 N–H and O–H groups in total. The Labute approximate surface area is 60.7 Å². The molecule has 0 aromatic heterocycles. The molecule has 0 unspecified atom stereocenters. The van der Waals surface area contributed by atoms with Crippen molar-refractivity contribution in [2.24, 2.45) is 0 Å². The molecular formula is C6H10O3S. The molecule has 0 spiro atoms. The average Bonchev–Trinajstić information content (AvgIpc) is 1.78. The van der Waals surface area contributed by atoms with Gasteiger partial charge in [0.2, 0.25) is 0 Å². The second kappa shape index (κ2) is 4.22. The van der Waals surface area contributed by atoms with Crippen LogP contribution >= 0.6 is 0 Å². The number of sulfone groups is 1. The highest BCUT2D eigenvalue weighted by atomic mass is 32.2. The smallest absolute Gasteiger partial charge is 0.147 e. The van der Waals surface area contributed by atoms with Gasteiger partial charge in [-0.3, -0.25) is 4.79 Å². The van der Waals surface area contributed by atoms with Crippen LogP contribution in [0, 0.1) is 0 Å². The largest absolute Gasteiger partial charge is 0.299 e. The van der Waals surface area contributed by atoms with Crippen molar-refractivity contribution in [2.45, 2.75) is 6.42 Å². The van der Waals surface area contributed by atoms with E-state index in [0.717, 1.165) is 0 Å². The zero-order chi connectivity index (χ0) is 8.04. The lowest BCUT2D eigenvalue weighted by Crippen LogP contribution is -2.00. The van der Waals surface area contributed by atoms with Gasteiger partial charge in [-0.05, 0) is 12.5 Å². The van der Waals surface area contributed by atoms with Crippen LogP contribution < -0.4 is 0 Å². The van der Waals surface area contributed by atoms with Gasteiger partial charge in [0.15, 0.2) is 0 Å². The average molecular weight is 162 g/mol. The maximum absolute atomic E-state index is 10.5. The highest BCUT2D eigenvalue weighted by molar-refractivity contribution is 7.90. The quantitative estimate of drug-likeness (QED) is 0.437. The lowest BCUT2D eigenvalue weighted by Gasteiger charge is -1.89. The van der Waals surface area contributed by atoms with Crippen LogP contribution in [0.5, 0.6) is 0 Å². The Balaban J connectivity index is 3.57. The van der Waals surface area contributed by atoms with Crippen LogP contribution in [0.15, 0.2) is 12.2 Å². The molecular weight excluding hydrogens is 152 g/mol. The van der Waals surface area contributed by atoms with Gasteiger partial charge in [-0.1, -0.05) is 6.08 Å². The lowest BCUT2D eigenvalue weighted by molar-refractivity contribution is -0.104. The lowest BCUT2D eigenvalue weighted by atomic mass is 10.4. The maximum Gasteiger partial charge on any atom is 0.147 e. The molecule has 0 aromatic rings. The minimum Gasteiger partial charge on any atom is -0.299 e. The molecule has 0 bridgehead atoms. The van der Waals surface area contributed by atoms with E-state index in [2.05, 4.69) is 0 Å². The van der Waals surface area contributed by atoms with Gasteiger partial charge >= 0.3 is 0 Å². The standard InChI is InChI=1S/C6H10O3S/c1-10(8,9)6-4-2-3-5-7/h2-3,5H,4,6H2,1H3/b3-2+. The van der Waals surface area contributed by atoms with Gasteiger partial charge in [-0.25, -0.2) is 8.42 Å². The first-order valence-corrected chi connectivity index (χ1v) is 4.90. The number of rotatable bonds is 4. The first kappa shape index (κ1) is 9.36. The summed E-state index contributed by atoms with van der Waals surface area (Å²) in [5.74, 6) is 0.108. The van der Waals surface area contributed by atoms with Crippen LogP contribution in [0.1, 0.15) is 6.42 Å². The molecule has 3 nitrogen and oxygen atoms in total. The summed E-state index contributed by atoms with van der Waals surface area (Å²) >= 11 is 0. The first-order chi connectivity index (χ1) is 4.56.